The molecule has 1 amide bonds. The van der Waals surface area contributed by atoms with E-state index in [9.17, 15) is 14.9 Å². The van der Waals surface area contributed by atoms with E-state index in [1.807, 2.05) is 0 Å². The van der Waals surface area contributed by atoms with Crippen molar-refractivity contribution in [2.75, 3.05) is 23.8 Å². The van der Waals surface area contributed by atoms with Crippen LogP contribution in [0.4, 0.5) is 17.1 Å². The molecule has 0 bridgehead atoms. The standard InChI is InChI=1S/C13H16N4O4/c14-5-10(7-1-2-7)15-8-3-9-12(4-11(8)17(19)20)21-6-13(18)16-9/h3-4,7,10,15H,1-2,5-6,14H2,(H,16,18). The second-order valence-electron chi connectivity index (χ2n) is 5.28. The number of ether oxygens (including phenoxy) is 1. The predicted octanol–water partition coefficient (Wildman–Crippen LogP) is 1.07. The van der Waals surface area contributed by atoms with Crippen molar-refractivity contribution in [2.24, 2.45) is 11.7 Å². The van der Waals surface area contributed by atoms with Crippen LogP contribution in [0.5, 0.6) is 5.75 Å². The number of hydrogen-bond acceptors (Lipinski definition) is 6. The Morgan fingerprint density at radius 2 is 2.29 bits per heavy atom. The highest BCUT2D eigenvalue weighted by Crippen LogP contribution is 2.40. The van der Waals surface area contributed by atoms with Crippen LogP contribution in [-0.4, -0.2) is 30.0 Å². The Labute approximate surface area is 120 Å². The molecule has 8 nitrogen and oxygen atoms in total. The SMILES string of the molecule is NCC(Nc1cc2c(cc1[N+](=O)[O-])OCC(=O)N2)C1CC1. The zero-order valence-corrected chi connectivity index (χ0v) is 11.3. The van der Waals surface area contributed by atoms with Gasteiger partial charge in [0.1, 0.15) is 5.69 Å². The molecule has 21 heavy (non-hydrogen) atoms. The van der Waals surface area contributed by atoms with Gasteiger partial charge in [0.15, 0.2) is 12.4 Å². The van der Waals surface area contributed by atoms with Crippen molar-refractivity contribution in [3.8, 4) is 5.75 Å². The number of nitro benzene ring substituents is 1. The molecule has 1 aromatic rings. The largest absolute Gasteiger partial charge is 0.481 e. The Kier molecular flexibility index (Phi) is 3.38. The Hall–Kier alpha value is -2.35. The van der Waals surface area contributed by atoms with Gasteiger partial charge in [-0.1, -0.05) is 0 Å². The van der Waals surface area contributed by atoms with Gasteiger partial charge in [-0.2, -0.15) is 0 Å². The summed E-state index contributed by atoms with van der Waals surface area (Å²) in [4.78, 5) is 22.1. The molecule has 112 valence electrons. The first kappa shape index (κ1) is 13.6. The smallest absolute Gasteiger partial charge is 0.296 e. The lowest BCUT2D eigenvalue weighted by Crippen LogP contribution is -2.31. The summed E-state index contributed by atoms with van der Waals surface area (Å²) in [5, 5.41) is 17.0. The van der Waals surface area contributed by atoms with E-state index in [0.717, 1.165) is 12.8 Å². The highest BCUT2D eigenvalue weighted by molar-refractivity contribution is 5.96. The lowest BCUT2D eigenvalue weighted by atomic mass is 10.1. The van der Waals surface area contributed by atoms with Crippen molar-refractivity contribution >= 4 is 23.0 Å². The Morgan fingerprint density at radius 1 is 1.52 bits per heavy atom. The van der Waals surface area contributed by atoms with Crippen LogP contribution in [0.25, 0.3) is 0 Å². The van der Waals surface area contributed by atoms with Gasteiger partial charge in [-0.25, -0.2) is 0 Å². The summed E-state index contributed by atoms with van der Waals surface area (Å²) in [6.45, 7) is 0.270. The summed E-state index contributed by atoms with van der Waals surface area (Å²) < 4.78 is 5.20. The van der Waals surface area contributed by atoms with Gasteiger partial charge in [-0.05, 0) is 24.8 Å². The average Bonchev–Trinajstić information content (AvgIpc) is 3.28. The van der Waals surface area contributed by atoms with E-state index in [-0.39, 0.29) is 24.2 Å². The third kappa shape index (κ3) is 2.75. The number of carbonyl (C=O) groups excluding carboxylic acids is 1. The molecular formula is C13H16N4O4. The molecule has 1 saturated carbocycles. The third-order valence-corrected chi connectivity index (χ3v) is 3.71. The summed E-state index contributed by atoms with van der Waals surface area (Å²) in [7, 11) is 0. The van der Waals surface area contributed by atoms with E-state index < -0.39 is 4.92 Å². The Bertz CT molecular complexity index is 600. The fourth-order valence-corrected chi connectivity index (χ4v) is 2.45. The van der Waals surface area contributed by atoms with Gasteiger partial charge in [0.25, 0.3) is 11.6 Å². The van der Waals surface area contributed by atoms with E-state index in [2.05, 4.69) is 10.6 Å². The van der Waals surface area contributed by atoms with Gasteiger partial charge >= 0.3 is 0 Å². The maximum Gasteiger partial charge on any atom is 0.296 e. The lowest BCUT2D eigenvalue weighted by molar-refractivity contribution is -0.384. The monoisotopic (exact) mass is 292 g/mol. The van der Waals surface area contributed by atoms with Crippen molar-refractivity contribution in [1.82, 2.24) is 0 Å². The zero-order valence-electron chi connectivity index (χ0n) is 11.3. The number of nitro groups is 1. The molecule has 0 radical (unpaired) electrons. The normalized spacial score (nSPS) is 18.2. The first-order chi connectivity index (χ1) is 10.1. The van der Waals surface area contributed by atoms with Crippen LogP contribution < -0.4 is 21.1 Å². The number of amides is 1. The number of hydrogen-bond donors (Lipinski definition) is 3. The topological polar surface area (TPSA) is 120 Å². The molecule has 1 heterocycles. The number of nitrogens with one attached hydrogen (secondary N) is 2. The van der Waals surface area contributed by atoms with Crippen molar-refractivity contribution < 1.29 is 14.5 Å². The minimum atomic E-state index is -0.469. The molecule has 2 aliphatic rings. The van der Waals surface area contributed by atoms with Crippen LogP contribution >= 0.6 is 0 Å². The van der Waals surface area contributed by atoms with Gasteiger partial charge < -0.3 is 21.1 Å². The van der Waals surface area contributed by atoms with Gasteiger partial charge in [0.2, 0.25) is 0 Å². The number of fused-ring (bicyclic) bond motifs is 1. The zero-order chi connectivity index (χ0) is 15.0. The van der Waals surface area contributed by atoms with Crippen LogP contribution in [0.2, 0.25) is 0 Å². The van der Waals surface area contributed by atoms with Crippen LogP contribution in [0, 0.1) is 16.0 Å². The summed E-state index contributed by atoms with van der Waals surface area (Å²) in [5.41, 5.74) is 6.43. The second kappa shape index (κ2) is 5.21. The van der Waals surface area contributed by atoms with Crippen LogP contribution in [0.15, 0.2) is 12.1 Å². The molecule has 0 spiro atoms. The molecule has 1 atom stereocenters. The van der Waals surface area contributed by atoms with E-state index in [1.54, 1.807) is 0 Å². The van der Waals surface area contributed by atoms with E-state index in [1.165, 1.54) is 12.1 Å². The maximum absolute atomic E-state index is 11.3. The highest BCUT2D eigenvalue weighted by atomic mass is 16.6. The molecular weight excluding hydrogens is 276 g/mol. The summed E-state index contributed by atoms with van der Waals surface area (Å²) in [6, 6.07) is 2.87. The van der Waals surface area contributed by atoms with Crippen LogP contribution in [0.3, 0.4) is 0 Å². The molecule has 8 heteroatoms. The van der Waals surface area contributed by atoms with Crippen molar-refractivity contribution in [1.29, 1.82) is 0 Å². The maximum atomic E-state index is 11.3. The van der Waals surface area contributed by atoms with E-state index in [4.69, 9.17) is 10.5 Å². The molecule has 4 N–H and O–H groups in total. The molecule has 0 saturated heterocycles. The number of benzene rings is 1. The van der Waals surface area contributed by atoms with Crippen molar-refractivity contribution in [2.45, 2.75) is 18.9 Å². The van der Waals surface area contributed by atoms with Gasteiger partial charge in [-0.15, -0.1) is 0 Å². The predicted molar refractivity (Wildman–Crippen MR) is 76.4 cm³/mol. The van der Waals surface area contributed by atoms with Crippen molar-refractivity contribution in [3.05, 3.63) is 22.2 Å². The fourth-order valence-electron chi connectivity index (χ4n) is 2.45. The van der Waals surface area contributed by atoms with E-state index in [0.29, 0.717) is 29.6 Å². The number of nitrogens with zero attached hydrogens (tertiary/aromatic N) is 1. The summed E-state index contributed by atoms with van der Waals surface area (Å²) >= 11 is 0. The van der Waals surface area contributed by atoms with Crippen LogP contribution in [0.1, 0.15) is 12.8 Å². The molecule has 1 unspecified atom stereocenters. The quantitative estimate of drug-likeness (QED) is 0.551. The highest BCUT2D eigenvalue weighted by Gasteiger charge is 2.32. The lowest BCUT2D eigenvalue weighted by Gasteiger charge is -2.21. The first-order valence-electron chi connectivity index (χ1n) is 6.80. The Balaban J connectivity index is 1.94. The number of anilines is 2. The van der Waals surface area contributed by atoms with Gasteiger partial charge in [0, 0.05) is 12.6 Å². The molecule has 1 fully saturated rings. The summed E-state index contributed by atoms with van der Waals surface area (Å²) in [5.74, 6) is 0.485. The van der Waals surface area contributed by atoms with Gasteiger partial charge in [0.05, 0.1) is 16.7 Å². The number of nitrogens with two attached hydrogens (primary N) is 1. The van der Waals surface area contributed by atoms with Crippen molar-refractivity contribution in [3.63, 3.8) is 0 Å². The second-order valence-corrected chi connectivity index (χ2v) is 5.28. The van der Waals surface area contributed by atoms with Gasteiger partial charge in [-0.3, -0.25) is 14.9 Å². The minimum absolute atomic E-state index is 0.00182. The average molecular weight is 292 g/mol. The first-order valence-corrected chi connectivity index (χ1v) is 6.80. The van der Waals surface area contributed by atoms with E-state index >= 15 is 0 Å². The number of carbonyl (C=O) groups is 1. The molecule has 1 aromatic carbocycles. The number of rotatable bonds is 5. The van der Waals surface area contributed by atoms with Crippen LogP contribution in [-0.2, 0) is 4.79 Å². The third-order valence-electron chi connectivity index (χ3n) is 3.71. The minimum Gasteiger partial charge on any atom is -0.481 e. The Morgan fingerprint density at radius 3 is 2.90 bits per heavy atom. The summed E-state index contributed by atoms with van der Waals surface area (Å²) in [6.07, 6.45) is 2.15. The molecule has 3 rings (SSSR count). The fraction of sp³-hybridized carbons (Fsp3) is 0.462. The molecule has 1 aliphatic heterocycles. The molecule has 1 aliphatic carbocycles. The molecule has 0 aromatic heterocycles.